The fourth-order valence-electron chi connectivity index (χ4n) is 1.29. The molecule has 3 nitrogen and oxygen atoms in total. The van der Waals surface area contributed by atoms with Crippen LogP contribution >= 0.6 is 11.3 Å². The molecule has 0 unspecified atom stereocenters. The molecule has 0 radical (unpaired) electrons. The second-order valence-corrected chi connectivity index (χ2v) is 4.16. The van der Waals surface area contributed by atoms with E-state index in [1.165, 1.54) is 18.3 Å². The third kappa shape index (κ3) is 1.70. The molecular weight excluding hydrogens is 215 g/mol. The lowest BCUT2D eigenvalue weighted by atomic mass is 10.3. The first-order valence-electron chi connectivity index (χ1n) is 4.40. The van der Waals surface area contributed by atoms with E-state index in [9.17, 15) is 9.18 Å². The van der Waals surface area contributed by atoms with E-state index in [2.05, 4.69) is 9.97 Å². The van der Waals surface area contributed by atoms with Gasteiger partial charge in [-0.15, -0.1) is 11.3 Å². The molecule has 0 saturated heterocycles. The first kappa shape index (κ1) is 10.0. The van der Waals surface area contributed by atoms with E-state index < -0.39 is 11.4 Å². The Hall–Kier alpha value is -1.49. The first-order chi connectivity index (χ1) is 7.09. The molecule has 2 rings (SSSR count). The normalized spacial score (nSPS) is 10.6. The lowest BCUT2D eigenvalue weighted by Crippen LogP contribution is -2.15. The molecular formula is C10H9FN2OS. The van der Waals surface area contributed by atoms with Crippen LogP contribution in [0.4, 0.5) is 4.39 Å². The van der Waals surface area contributed by atoms with Crippen LogP contribution in [-0.4, -0.2) is 9.97 Å². The van der Waals surface area contributed by atoms with Crippen LogP contribution in [0.3, 0.4) is 0 Å². The van der Waals surface area contributed by atoms with Gasteiger partial charge in [-0.2, -0.15) is 4.39 Å². The van der Waals surface area contributed by atoms with Gasteiger partial charge in [0.2, 0.25) is 5.82 Å². The van der Waals surface area contributed by atoms with Crippen LogP contribution in [0.1, 0.15) is 11.3 Å². The monoisotopic (exact) mass is 224 g/mol. The smallest absolute Gasteiger partial charge is 0.287 e. The van der Waals surface area contributed by atoms with Crippen molar-refractivity contribution in [2.24, 2.45) is 0 Å². The second kappa shape index (κ2) is 3.58. The minimum atomic E-state index is -0.812. The molecule has 0 aromatic carbocycles. The van der Waals surface area contributed by atoms with Crippen LogP contribution in [0.5, 0.6) is 0 Å². The molecule has 2 heterocycles. The highest BCUT2D eigenvalue weighted by atomic mass is 32.1. The number of aryl methyl sites for hydroxylation is 2. The molecule has 15 heavy (non-hydrogen) atoms. The molecule has 5 heteroatoms. The number of aromatic amines is 1. The van der Waals surface area contributed by atoms with Crippen molar-refractivity contribution in [2.75, 3.05) is 0 Å². The summed E-state index contributed by atoms with van der Waals surface area (Å²) in [6.45, 7) is 3.40. The number of halogens is 1. The van der Waals surface area contributed by atoms with Crippen LogP contribution in [0.15, 0.2) is 16.2 Å². The van der Waals surface area contributed by atoms with Crippen LogP contribution in [0.25, 0.3) is 10.7 Å². The summed E-state index contributed by atoms with van der Waals surface area (Å²) >= 11 is 1.47. The summed E-state index contributed by atoms with van der Waals surface area (Å²) in [5.41, 5.74) is 0.431. The third-order valence-electron chi connectivity index (χ3n) is 2.11. The molecule has 2 aromatic heterocycles. The molecule has 1 N–H and O–H groups in total. The molecule has 0 spiro atoms. The summed E-state index contributed by atoms with van der Waals surface area (Å²) in [6.07, 6.45) is 0. The lowest BCUT2D eigenvalue weighted by Gasteiger charge is -2.01. The number of aromatic nitrogens is 2. The van der Waals surface area contributed by atoms with Crippen molar-refractivity contribution in [3.8, 4) is 10.7 Å². The highest BCUT2D eigenvalue weighted by Crippen LogP contribution is 2.25. The Balaban J connectivity index is 2.66. The van der Waals surface area contributed by atoms with E-state index in [0.29, 0.717) is 5.82 Å². The highest BCUT2D eigenvalue weighted by molar-refractivity contribution is 7.13. The predicted molar refractivity (Wildman–Crippen MR) is 57.6 cm³/mol. The second-order valence-electron chi connectivity index (χ2n) is 3.25. The van der Waals surface area contributed by atoms with Gasteiger partial charge < -0.3 is 4.98 Å². The van der Waals surface area contributed by atoms with Gasteiger partial charge in [-0.3, -0.25) is 4.79 Å². The SMILES string of the molecule is Cc1ccsc1-c1nc(C)c(F)c(=O)[nH]1. The molecule has 0 atom stereocenters. The van der Waals surface area contributed by atoms with Crippen molar-refractivity contribution in [2.45, 2.75) is 13.8 Å². The van der Waals surface area contributed by atoms with Gasteiger partial charge in [-0.05, 0) is 30.9 Å². The number of thiophene rings is 1. The topological polar surface area (TPSA) is 45.8 Å². The van der Waals surface area contributed by atoms with E-state index in [0.717, 1.165) is 10.4 Å². The van der Waals surface area contributed by atoms with Crippen molar-refractivity contribution in [3.05, 3.63) is 38.9 Å². The van der Waals surface area contributed by atoms with E-state index in [4.69, 9.17) is 0 Å². The molecule has 78 valence electrons. The largest absolute Gasteiger partial charge is 0.303 e. The minimum absolute atomic E-state index is 0.126. The average Bonchev–Trinajstić information content (AvgIpc) is 2.60. The summed E-state index contributed by atoms with van der Waals surface area (Å²) in [7, 11) is 0. The standard InChI is InChI=1S/C10H9FN2OS/c1-5-3-4-15-8(5)9-12-6(2)7(11)10(14)13-9/h3-4H,1-2H3,(H,12,13,14). The number of nitrogens with zero attached hydrogens (tertiary/aromatic N) is 1. The summed E-state index contributed by atoms with van der Waals surface area (Å²) in [6, 6.07) is 1.93. The van der Waals surface area contributed by atoms with Crippen molar-refractivity contribution in [1.82, 2.24) is 9.97 Å². The Morgan fingerprint density at radius 1 is 1.47 bits per heavy atom. The molecule has 0 aliphatic rings. The van der Waals surface area contributed by atoms with Crippen molar-refractivity contribution >= 4 is 11.3 Å². The van der Waals surface area contributed by atoms with Gasteiger partial charge in [0.1, 0.15) is 0 Å². The van der Waals surface area contributed by atoms with E-state index in [-0.39, 0.29) is 5.69 Å². The van der Waals surface area contributed by atoms with Gasteiger partial charge in [0.05, 0.1) is 10.6 Å². The summed E-state index contributed by atoms with van der Waals surface area (Å²) in [5, 5.41) is 1.91. The Bertz CT molecular complexity index is 559. The maximum absolute atomic E-state index is 13.1. The van der Waals surface area contributed by atoms with Gasteiger partial charge in [0.25, 0.3) is 5.56 Å². The fourth-order valence-corrected chi connectivity index (χ4v) is 2.16. The fraction of sp³-hybridized carbons (Fsp3) is 0.200. The Labute approximate surface area is 89.6 Å². The number of hydrogen-bond acceptors (Lipinski definition) is 3. The Morgan fingerprint density at radius 2 is 2.20 bits per heavy atom. The zero-order chi connectivity index (χ0) is 11.0. The number of hydrogen-bond donors (Lipinski definition) is 1. The summed E-state index contributed by atoms with van der Waals surface area (Å²) < 4.78 is 13.1. The van der Waals surface area contributed by atoms with Gasteiger partial charge in [0, 0.05) is 0 Å². The van der Waals surface area contributed by atoms with Crippen LogP contribution in [0.2, 0.25) is 0 Å². The number of rotatable bonds is 1. The Kier molecular flexibility index (Phi) is 2.40. The number of nitrogens with one attached hydrogen (secondary N) is 1. The van der Waals surface area contributed by atoms with E-state index in [1.807, 2.05) is 18.4 Å². The summed E-state index contributed by atoms with van der Waals surface area (Å²) in [4.78, 5) is 18.5. The molecule has 0 fully saturated rings. The van der Waals surface area contributed by atoms with Gasteiger partial charge in [-0.25, -0.2) is 4.98 Å². The van der Waals surface area contributed by atoms with Crippen LogP contribution in [-0.2, 0) is 0 Å². The zero-order valence-corrected chi connectivity index (χ0v) is 9.11. The Morgan fingerprint density at radius 3 is 2.73 bits per heavy atom. The molecule has 0 saturated carbocycles. The maximum atomic E-state index is 13.1. The summed E-state index contributed by atoms with van der Waals surface area (Å²) in [5.74, 6) is -0.376. The molecule has 0 aliphatic heterocycles. The van der Waals surface area contributed by atoms with E-state index >= 15 is 0 Å². The van der Waals surface area contributed by atoms with Crippen molar-refractivity contribution in [1.29, 1.82) is 0 Å². The lowest BCUT2D eigenvalue weighted by molar-refractivity contribution is 0.589. The quantitative estimate of drug-likeness (QED) is 0.807. The van der Waals surface area contributed by atoms with Gasteiger partial charge >= 0.3 is 0 Å². The first-order valence-corrected chi connectivity index (χ1v) is 5.28. The van der Waals surface area contributed by atoms with Crippen molar-refractivity contribution < 1.29 is 4.39 Å². The average molecular weight is 224 g/mol. The third-order valence-corrected chi connectivity index (χ3v) is 3.13. The van der Waals surface area contributed by atoms with Gasteiger partial charge in [-0.1, -0.05) is 0 Å². The molecule has 0 aliphatic carbocycles. The highest BCUT2D eigenvalue weighted by Gasteiger charge is 2.10. The number of H-pyrrole nitrogens is 1. The predicted octanol–water partition coefficient (Wildman–Crippen LogP) is 2.25. The maximum Gasteiger partial charge on any atom is 0.287 e. The minimum Gasteiger partial charge on any atom is -0.303 e. The van der Waals surface area contributed by atoms with Crippen LogP contribution < -0.4 is 5.56 Å². The zero-order valence-electron chi connectivity index (χ0n) is 8.30. The van der Waals surface area contributed by atoms with Crippen LogP contribution in [0, 0.1) is 19.7 Å². The van der Waals surface area contributed by atoms with Gasteiger partial charge in [0.15, 0.2) is 5.82 Å². The van der Waals surface area contributed by atoms with Crippen molar-refractivity contribution in [3.63, 3.8) is 0 Å². The molecule has 0 amide bonds. The van der Waals surface area contributed by atoms with E-state index in [1.54, 1.807) is 0 Å². The molecule has 2 aromatic rings. The molecule has 0 bridgehead atoms.